The minimum absolute atomic E-state index is 1.14. The van der Waals surface area contributed by atoms with E-state index >= 15 is 0 Å². The van der Waals surface area contributed by atoms with Crippen molar-refractivity contribution in [2.45, 2.75) is 0 Å². The first-order valence-electron chi connectivity index (χ1n) is 4.17. The van der Waals surface area contributed by atoms with Gasteiger partial charge in [-0.05, 0) is 23.3 Å². The molecule has 0 N–H and O–H groups in total. The van der Waals surface area contributed by atoms with Crippen molar-refractivity contribution in [1.82, 2.24) is 0 Å². The Balaban J connectivity index is 2.37. The minimum Gasteiger partial charge on any atom is -0.0617 e. The lowest BCUT2D eigenvalue weighted by molar-refractivity contribution is 1.59. The molecule has 64 valence electrons. The van der Waals surface area contributed by atoms with Gasteiger partial charge in [-0.15, -0.1) is 0 Å². The SMILES string of the molecule is Brc1ccccc1C=C1C=CC=C1. The maximum atomic E-state index is 3.51. The number of rotatable bonds is 1. The Labute approximate surface area is 86.4 Å². The van der Waals surface area contributed by atoms with Gasteiger partial charge in [-0.2, -0.15) is 0 Å². The summed E-state index contributed by atoms with van der Waals surface area (Å²) < 4.78 is 1.14. The van der Waals surface area contributed by atoms with E-state index in [0.717, 1.165) is 4.47 Å². The molecule has 0 spiro atoms. The van der Waals surface area contributed by atoms with Gasteiger partial charge in [-0.3, -0.25) is 0 Å². The van der Waals surface area contributed by atoms with Crippen LogP contribution in [0.25, 0.3) is 6.08 Å². The third kappa shape index (κ3) is 1.99. The summed E-state index contributed by atoms with van der Waals surface area (Å²) in [4.78, 5) is 0. The van der Waals surface area contributed by atoms with Crippen molar-refractivity contribution >= 4 is 22.0 Å². The van der Waals surface area contributed by atoms with Gasteiger partial charge >= 0.3 is 0 Å². The second kappa shape index (κ2) is 3.75. The van der Waals surface area contributed by atoms with Crippen molar-refractivity contribution < 1.29 is 0 Å². The molecule has 0 atom stereocenters. The summed E-state index contributed by atoms with van der Waals surface area (Å²) >= 11 is 3.51. The van der Waals surface area contributed by atoms with Crippen LogP contribution in [0.1, 0.15) is 5.56 Å². The average molecular weight is 233 g/mol. The molecule has 0 radical (unpaired) electrons. The van der Waals surface area contributed by atoms with Crippen LogP contribution in [0.15, 0.2) is 58.6 Å². The maximum absolute atomic E-state index is 3.51. The number of allylic oxidation sites excluding steroid dienone is 5. The van der Waals surface area contributed by atoms with Crippen molar-refractivity contribution in [1.29, 1.82) is 0 Å². The van der Waals surface area contributed by atoms with Crippen LogP contribution < -0.4 is 0 Å². The molecule has 13 heavy (non-hydrogen) atoms. The molecule has 0 heterocycles. The highest BCUT2D eigenvalue weighted by molar-refractivity contribution is 9.10. The zero-order valence-electron chi connectivity index (χ0n) is 7.07. The molecule has 0 fully saturated rings. The molecule has 0 bridgehead atoms. The summed E-state index contributed by atoms with van der Waals surface area (Å²) in [6.07, 6.45) is 10.4. The summed E-state index contributed by atoms with van der Waals surface area (Å²) in [6.45, 7) is 0. The van der Waals surface area contributed by atoms with Gasteiger partial charge < -0.3 is 0 Å². The summed E-state index contributed by atoms with van der Waals surface area (Å²) in [5, 5.41) is 0. The summed E-state index contributed by atoms with van der Waals surface area (Å²) in [5.41, 5.74) is 2.46. The van der Waals surface area contributed by atoms with E-state index in [2.05, 4.69) is 46.3 Å². The maximum Gasteiger partial charge on any atom is 0.0247 e. The quantitative estimate of drug-likeness (QED) is 0.688. The fourth-order valence-corrected chi connectivity index (χ4v) is 1.66. The molecule has 0 unspecified atom stereocenters. The van der Waals surface area contributed by atoms with Crippen LogP contribution in [0, 0.1) is 0 Å². The zero-order valence-corrected chi connectivity index (χ0v) is 8.66. The Morgan fingerprint density at radius 1 is 1.00 bits per heavy atom. The van der Waals surface area contributed by atoms with Crippen LogP contribution in [0.3, 0.4) is 0 Å². The first-order valence-corrected chi connectivity index (χ1v) is 4.96. The van der Waals surface area contributed by atoms with Gasteiger partial charge in [-0.25, -0.2) is 0 Å². The van der Waals surface area contributed by atoms with Crippen molar-refractivity contribution in [2.24, 2.45) is 0 Å². The highest BCUT2D eigenvalue weighted by Crippen LogP contribution is 2.20. The second-order valence-electron chi connectivity index (χ2n) is 2.88. The molecular formula is C12H9Br. The Bertz CT molecular complexity index is 383. The van der Waals surface area contributed by atoms with Gasteiger partial charge in [0.1, 0.15) is 0 Å². The van der Waals surface area contributed by atoms with Crippen molar-refractivity contribution in [3.63, 3.8) is 0 Å². The molecule has 0 aromatic heterocycles. The molecule has 0 aliphatic heterocycles. The van der Waals surface area contributed by atoms with Crippen LogP contribution in [0.4, 0.5) is 0 Å². The van der Waals surface area contributed by atoms with Gasteiger partial charge in [0.15, 0.2) is 0 Å². The lowest BCUT2D eigenvalue weighted by Crippen LogP contribution is -1.75. The Morgan fingerprint density at radius 3 is 2.38 bits per heavy atom. The Kier molecular flexibility index (Phi) is 2.46. The highest BCUT2D eigenvalue weighted by Gasteiger charge is 1.96. The zero-order chi connectivity index (χ0) is 9.10. The standard InChI is InChI=1S/C12H9Br/c13-12-8-4-3-7-11(12)9-10-5-1-2-6-10/h1-9H. The summed E-state index contributed by atoms with van der Waals surface area (Å²) in [5.74, 6) is 0. The van der Waals surface area contributed by atoms with Gasteiger partial charge in [-0.1, -0.05) is 58.4 Å². The first-order chi connectivity index (χ1) is 6.36. The molecule has 2 rings (SSSR count). The number of benzene rings is 1. The van der Waals surface area contributed by atoms with Crippen LogP contribution in [0.2, 0.25) is 0 Å². The molecule has 1 heteroatoms. The molecule has 0 saturated heterocycles. The van der Waals surface area contributed by atoms with E-state index in [1.165, 1.54) is 11.1 Å². The van der Waals surface area contributed by atoms with Crippen molar-refractivity contribution in [3.05, 3.63) is 64.2 Å². The van der Waals surface area contributed by atoms with Gasteiger partial charge in [0, 0.05) is 4.47 Å². The molecule has 0 nitrogen and oxygen atoms in total. The molecule has 0 saturated carbocycles. The van der Waals surface area contributed by atoms with Crippen LogP contribution in [-0.4, -0.2) is 0 Å². The predicted octanol–water partition coefficient (Wildman–Crippen LogP) is 3.96. The molecule has 1 aromatic rings. The van der Waals surface area contributed by atoms with E-state index in [4.69, 9.17) is 0 Å². The Hall–Kier alpha value is -1.08. The third-order valence-electron chi connectivity index (χ3n) is 1.92. The van der Waals surface area contributed by atoms with Crippen LogP contribution in [-0.2, 0) is 0 Å². The number of halogens is 1. The summed E-state index contributed by atoms with van der Waals surface area (Å²) in [6, 6.07) is 8.21. The molecule has 0 amide bonds. The lowest BCUT2D eigenvalue weighted by atomic mass is 10.1. The summed E-state index contributed by atoms with van der Waals surface area (Å²) in [7, 11) is 0. The highest BCUT2D eigenvalue weighted by atomic mass is 79.9. The first kappa shape index (κ1) is 8.52. The van der Waals surface area contributed by atoms with Crippen molar-refractivity contribution in [3.8, 4) is 0 Å². The average Bonchev–Trinajstić information content (AvgIpc) is 2.61. The smallest absolute Gasteiger partial charge is 0.0247 e. The predicted molar refractivity (Wildman–Crippen MR) is 60.4 cm³/mol. The normalized spacial score (nSPS) is 13.8. The van der Waals surface area contributed by atoms with Crippen molar-refractivity contribution in [2.75, 3.05) is 0 Å². The largest absolute Gasteiger partial charge is 0.0617 e. The fourth-order valence-electron chi connectivity index (χ4n) is 1.26. The van der Waals surface area contributed by atoms with E-state index in [1.807, 2.05) is 24.3 Å². The molecule has 1 aliphatic rings. The number of hydrogen-bond donors (Lipinski definition) is 0. The van der Waals surface area contributed by atoms with E-state index in [-0.39, 0.29) is 0 Å². The second-order valence-corrected chi connectivity index (χ2v) is 3.74. The van der Waals surface area contributed by atoms with E-state index in [1.54, 1.807) is 0 Å². The van der Waals surface area contributed by atoms with Gasteiger partial charge in [0.2, 0.25) is 0 Å². The van der Waals surface area contributed by atoms with E-state index in [0.29, 0.717) is 0 Å². The molecule has 1 aromatic carbocycles. The number of hydrogen-bond acceptors (Lipinski definition) is 0. The topological polar surface area (TPSA) is 0 Å². The van der Waals surface area contributed by atoms with Gasteiger partial charge in [0.05, 0.1) is 0 Å². The van der Waals surface area contributed by atoms with Gasteiger partial charge in [0.25, 0.3) is 0 Å². The monoisotopic (exact) mass is 232 g/mol. The molecular weight excluding hydrogens is 224 g/mol. The van der Waals surface area contributed by atoms with E-state index in [9.17, 15) is 0 Å². The van der Waals surface area contributed by atoms with E-state index < -0.39 is 0 Å². The third-order valence-corrected chi connectivity index (χ3v) is 2.64. The lowest BCUT2D eigenvalue weighted by Gasteiger charge is -1.97. The van der Waals surface area contributed by atoms with Crippen LogP contribution >= 0.6 is 15.9 Å². The molecule has 1 aliphatic carbocycles. The van der Waals surface area contributed by atoms with Crippen LogP contribution in [0.5, 0.6) is 0 Å². The minimum atomic E-state index is 1.14. The Morgan fingerprint density at radius 2 is 1.69 bits per heavy atom. The fraction of sp³-hybridized carbons (Fsp3) is 0.